The molecule has 1 aliphatic heterocycles. The quantitative estimate of drug-likeness (QED) is 0.551. The van der Waals surface area contributed by atoms with Gasteiger partial charge in [0.15, 0.2) is 0 Å². The number of carbonyl (C=O) groups is 1. The van der Waals surface area contributed by atoms with Crippen LogP contribution in [-0.4, -0.2) is 57.0 Å². The molecule has 0 aromatic heterocycles. The van der Waals surface area contributed by atoms with Gasteiger partial charge >= 0.3 is 12.1 Å². The predicted molar refractivity (Wildman–Crippen MR) is 62.7 cm³/mol. The summed E-state index contributed by atoms with van der Waals surface area (Å²) in [4.78, 5) is 13.4. The maximum absolute atomic E-state index is 11.8. The van der Waals surface area contributed by atoms with E-state index in [1.807, 2.05) is 0 Å². The highest BCUT2D eigenvalue weighted by Gasteiger charge is 2.27. The summed E-state index contributed by atoms with van der Waals surface area (Å²) in [7, 11) is 1.38. The van der Waals surface area contributed by atoms with Crippen molar-refractivity contribution in [1.82, 2.24) is 4.90 Å². The van der Waals surface area contributed by atoms with Crippen LogP contribution in [0.25, 0.3) is 0 Å². The fraction of sp³-hybridized carbons (Fsp3) is 0.917. The lowest BCUT2D eigenvalue weighted by atomic mass is 9.97. The molecule has 1 rings (SSSR count). The number of ether oxygens (including phenoxy) is 2. The summed E-state index contributed by atoms with van der Waals surface area (Å²) >= 11 is 0. The Bertz CT molecular complexity index is 276. The van der Waals surface area contributed by atoms with Crippen LogP contribution < -0.4 is 0 Å². The highest BCUT2D eigenvalue weighted by Crippen LogP contribution is 2.18. The molecule has 0 unspecified atom stereocenters. The number of rotatable bonds is 6. The van der Waals surface area contributed by atoms with E-state index in [1.165, 1.54) is 7.11 Å². The van der Waals surface area contributed by atoms with Crippen molar-refractivity contribution >= 4 is 5.97 Å². The summed E-state index contributed by atoms with van der Waals surface area (Å²) in [6, 6.07) is 0. The summed E-state index contributed by atoms with van der Waals surface area (Å²) in [5.41, 5.74) is 0. The molecule has 0 amide bonds. The van der Waals surface area contributed by atoms with Gasteiger partial charge in [-0.15, -0.1) is 0 Å². The van der Waals surface area contributed by atoms with Gasteiger partial charge in [-0.05, 0) is 32.4 Å². The number of methoxy groups -OCH3 is 1. The highest BCUT2D eigenvalue weighted by atomic mass is 19.4. The van der Waals surface area contributed by atoms with E-state index in [9.17, 15) is 18.0 Å². The van der Waals surface area contributed by atoms with Crippen LogP contribution in [0, 0.1) is 5.92 Å². The van der Waals surface area contributed by atoms with E-state index in [0.29, 0.717) is 13.0 Å². The molecule has 0 radical (unpaired) electrons. The van der Waals surface area contributed by atoms with Crippen molar-refractivity contribution in [1.29, 1.82) is 0 Å². The first-order chi connectivity index (χ1) is 8.92. The molecule has 0 aliphatic carbocycles. The lowest BCUT2D eigenvalue weighted by Crippen LogP contribution is -2.37. The number of alkyl halides is 3. The monoisotopic (exact) mass is 283 g/mol. The number of halogens is 3. The summed E-state index contributed by atoms with van der Waals surface area (Å²) in [5, 5.41) is 0. The molecular weight excluding hydrogens is 263 g/mol. The Kier molecular flexibility index (Phi) is 6.57. The fourth-order valence-corrected chi connectivity index (χ4v) is 2.14. The van der Waals surface area contributed by atoms with Gasteiger partial charge in [0.1, 0.15) is 6.61 Å². The molecule has 0 N–H and O–H groups in total. The largest absolute Gasteiger partial charge is 0.469 e. The van der Waals surface area contributed by atoms with Gasteiger partial charge in [0.25, 0.3) is 0 Å². The molecule has 0 atom stereocenters. The molecule has 0 bridgehead atoms. The van der Waals surface area contributed by atoms with Gasteiger partial charge in [-0.3, -0.25) is 4.79 Å². The Morgan fingerprint density at radius 2 is 1.95 bits per heavy atom. The maximum atomic E-state index is 11.8. The van der Waals surface area contributed by atoms with Gasteiger partial charge in [-0.25, -0.2) is 0 Å². The van der Waals surface area contributed by atoms with Crippen molar-refractivity contribution in [2.45, 2.75) is 25.4 Å². The number of likely N-dealkylation sites (tertiary alicyclic amines) is 1. The van der Waals surface area contributed by atoms with Crippen molar-refractivity contribution in [3.05, 3.63) is 0 Å². The van der Waals surface area contributed by atoms with E-state index in [-0.39, 0.29) is 18.5 Å². The maximum Gasteiger partial charge on any atom is 0.411 e. The average Bonchev–Trinajstić information content (AvgIpc) is 2.37. The van der Waals surface area contributed by atoms with Crippen LogP contribution in [0.1, 0.15) is 19.3 Å². The number of carbonyl (C=O) groups excluding carboxylic acids is 1. The van der Waals surface area contributed by atoms with Crippen LogP contribution in [0.2, 0.25) is 0 Å². The van der Waals surface area contributed by atoms with Crippen molar-refractivity contribution in [2.24, 2.45) is 5.92 Å². The average molecular weight is 283 g/mol. The smallest absolute Gasteiger partial charge is 0.411 e. The third-order valence-electron chi connectivity index (χ3n) is 3.15. The summed E-state index contributed by atoms with van der Waals surface area (Å²) in [6.07, 6.45) is -2.19. The standard InChI is InChI=1S/C12H20F3NO3/c1-18-11(17)10-3-6-16(7-4-10)5-2-8-19-9-12(13,14)15/h10H,2-9H2,1H3. The lowest BCUT2D eigenvalue weighted by Gasteiger charge is -2.30. The molecule has 4 nitrogen and oxygen atoms in total. The summed E-state index contributed by atoms with van der Waals surface area (Å²) in [6.45, 7) is 1.18. The first-order valence-corrected chi connectivity index (χ1v) is 6.37. The second kappa shape index (κ2) is 7.69. The number of nitrogens with zero attached hydrogens (tertiary/aromatic N) is 1. The van der Waals surface area contributed by atoms with Crippen LogP contribution in [0.15, 0.2) is 0 Å². The van der Waals surface area contributed by atoms with Crippen molar-refractivity contribution in [3.63, 3.8) is 0 Å². The molecule has 112 valence electrons. The molecular formula is C12H20F3NO3. The summed E-state index contributed by atoms with van der Waals surface area (Å²) in [5.74, 6) is -0.212. The molecule has 0 aromatic rings. The van der Waals surface area contributed by atoms with E-state index in [1.54, 1.807) is 0 Å². The minimum Gasteiger partial charge on any atom is -0.469 e. The SMILES string of the molecule is COC(=O)C1CCN(CCCOCC(F)(F)F)CC1. The van der Waals surface area contributed by atoms with Crippen LogP contribution in [0.5, 0.6) is 0 Å². The topological polar surface area (TPSA) is 38.8 Å². The highest BCUT2D eigenvalue weighted by molar-refractivity contribution is 5.72. The molecule has 1 saturated heterocycles. The molecule has 1 aliphatic rings. The summed E-state index contributed by atoms with van der Waals surface area (Å²) < 4.78 is 44.7. The van der Waals surface area contributed by atoms with Gasteiger partial charge in [-0.2, -0.15) is 13.2 Å². The number of hydrogen-bond acceptors (Lipinski definition) is 4. The van der Waals surface area contributed by atoms with E-state index >= 15 is 0 Å². The van der Waals surface area contributed by atoms with Gasteiger partial charge in [0, 0.05) is 13.2 Å². The zero-order chi connectivity index (χ0) is 14.3. The number of hydrogen-bond donors (Lipinski definition) is 0. The van der Waals surface area contributed by atoms with Gasteiger partial charge in [0.2, 0.25) is 0 Å². The molecule has 7 heteroatoms. The van der Waals surface area contributed by atoms with Gasteiger partial charge in [0.05, 0.1) is 13.0 Å². The Morgan fingerprint density at radius 1 is 1.32 bits per heavy atom. The third kappa shape index (κ3) is 6.77. The van der Waals surface area contributed by atoms with E-state index in [4.69, 9.17) is 0 Å². The second-order valence-corrected chi connectivity index (χ2v) is 4.66. The predicted octanol–water partition coefficient (Wildman–Crippen LogP) is 1.84. The lowest BCUT2D eigenvalue weighted by molar-refractivity contribution is -0.174. The molecule has 0 aromatic carbocycles. The Morgan fingerprint density at radius 3 is 2.47 bits per heavy atom. The van der Waals surface area contributed by atoms with Crippen LogP contribution in [0.3, 0.4) is 0 Å². The normalized spacial score (nSPS) is 18.5. The van der Waals surface area contributed by atoms with Crippen molar-refractivity contribution in [3.8, 4) is 0 Å². The number of esters is 1. The van der Waals surface area contributed by atoms with E-state index in [0.717, 1.165) is 25.9 Å². The zero-order valence-corrected chi connectivity index (χ0v) is 11.0. The molecule has 0 saturated carbocycles. The van der Waals surface area contributed by atoms with Crippen LogP contribution in [0.4, 0.5) is 13.2 Å². The fourth-order valence-electron chi connectivity index (χ4n) is 2.14. The zero-order valence-electron chi connectivity index (χ0n) is 11.0. The van der Waals surface area contributed by atoms with Crippen LogP contribution in [-0.2, 0) is 14.3 Å². The Hall–Kier alpha value is -0.820. The Balaban J connectivity index is 2.05. The first kappa shape index (κ1) is 16.2. The molecule has 0 spiro atoms. The second-order valence-electron chi connectivity index (χ2n) is 4.66. The molecule has 1 heterocycles. The number of piperidine rings is 1. The van der Waals surface area contributed by atoms with Gasteiger partial charge < -0.3 is 14.4 Å². The van der Waals surface area contributed by atoms with Crippen molar-refractivity contribution in [2.75, 3.05) is 40.0 Å². The third-order valence-corrected chi connectivity index (χ3v) is 3.15. The molecule has 19 heavy (non-hydrogen) atoms. The van der Waals surface area contributed by atoms with E-state index < -0.39 is 12.8 Å². The minimum absolute atomic E-state index is 0.0391. The minimum atomic E-state index is -4.25. The Labute approximate surface area is 110 Å². The van der Waals surface area contributed by atoms with E-state index in [2.05, 4.69) is 14.4 Å². The molecule has 1 fully saturated rings. The van der Waals surface area contributed by atoms with Crippen LogP contribution >= 0.6 is 0 Å². The van der Waals surface area contributed by atoms with Gasteiger partial charge in [-0.1, -0.05) is 0 Å². The first-order valence-electron chi connectivity index (χ1n) is 6.37. The van der Waals surface area contributed by atoms with Crippen molar-refractivity contribution < 1.29 is 27.4 Å².